The molecule has 0 bridgehead atoms. The molecule has 2 rings (SSSR count). The normalized spacial score (nSPS) is 17.3. The third-order valence-electron chi connectivity index (χ3n) is 2.63. The highest BCUT2D eigenvalue weighted by Gasteiger charge is 2.45. The zero-order valence-electron chi connectivity index (χ0n) is 8.66. The molecule has 1 aliphatic heterocycles. The van der Waals surface area contributed by atoms with Crippen LogP contribution < -0.4 is 0 Å². The lowest BCUT2D eigenvalue weighted by molar-refractivity contribution is -0.0334. The first-order valence-electron chi connectivity index (χ1n) is 4.75. The number of carbonyl (C=O) groups is 1. The second-order valence-corrected chi connectivity index (χ2v) is 3.76. The van der Waals surface area contributed by atoms with Crippen LogP contribution in [-0.2, 0) is 10.2 Å². The van der Waals surface area contributed by atoms with Crippen LogP contribution in [0.3, 0.4) is 0 Å². The third-order valence-corrected chi connectivity index (χ3v) is 2.63. The highest BCUT2D eigenvalue weighted by Crippen LogP contribution is 2.32. The summed E-state index contributed by atoms with van der Waals surface area (Å²) in [5, 5.41) is 9.02. The largest absolute Gasteiger partial charge is 0.377 e. The fourth-order valence-corrected chi connectivity index (χ4v) is 1.61. The molecule has 0 aromatic carbocycles. The summed E-state index contributed by atoms with van der Waals surface area (Å²) in [6.07, 6.45) is 1.34. The Balaban J connectivity index is 2.55. The number of carbonyl (C=O) groups excluding carboxylic acids is 1. The molecule has 0 N–H and O–H groups in total. The van der Waals surface area contributed by atoms with Crippen molar-refractivity contribution in [3.05, 3.63) is 29.3 Å². The van der Waals surface area contributed by atoms with E-state index in [4.69, 9.17) is 10.00 Å². The number of rotatable bonds is 2. The summed E-state index contributed by atoms with van der Waals surface area (Å²) in [6.45, 7) is 1.52. The van der Waals surface area contributed by atoms with E-state index in [2.05, 4.69) is 4.98 Å². The van der Waals surface area contributed by atoms with Gasteiger partial charge in [0.1, 0.15) is 11.1 Å². The van der Waals surface area contributed by atoms with E-state index >= 15 is 0 Å². The minimum atomic E-state index is -1.03. The van der Waals surface area contributed by atoms with E-state index in [1.54, 1.807) is 0 Å². The van der Waals surface area contributed by atoms with Crippen molar-refractivity contribution in [1.29, 1.82) is 5.26 Å². The SMILES string of the molecule is CC(=O)c1ccnc(C2(C#N)COC2)c1F. The van der Waals surface area contributed by atoms with Gasteiger partial charge < -0.3 is 4.74 Å². The first kappa shape index (κ1) is 10.7. The summed E-state index contributed by atoms with van der Waals surface area (Å²) in [4.78, 5) is 15.0. The Hall–Kier alpha value is -1.80. The maximum absolute atomic E-state index is 13.9. The summed E-state index contributed by atoms with van der Waals surface area (Å²) in [6, 6.07) is 3.31. The number of hydrogen-bond donors (Lipinski definition) is 0. The first-order chi connectivity index (χ1) is 7.60. The number of nitriles is 1. The maximum atomic E-state index is 13.9. The zero-order valence-corrected chi connectivity index (χ0v) is 8.66. The number of hydrogen-bond acceptors (Lipinski definition) is 4. The lowest BCUT2D eigenvalue weighted by Crippen LogP contribution is -2.47. The van der Waals surface area contributed by atoms with E-state index in [-0.39, 0.29) is 30.3 Å². The molecule has 16 heavy (non-hydrogen) atoms. The van der Waals surface area contributed by atoms with Crippen LogP contribution in [0.25, 0.3) is 0 Å². The van der Waals surface area contributed by atoms with Crippen molar-refractivity contribution in [3.8, 4) is 6.07 Å². The van der Waals surface area contributed by atoms with E-state index in [0.29, 0.717) is 0 Å². The summed E-state index contributed by atoms with van der Waals surface area (Å²) >= 11 is 0. The third kappa shape index (κ3) is 1.39. The van der Waals surface area contributed by atoms with Gasteiger partial charge >= 0.3 is 0 Å². The van der Waals surface area contributed by atoms with Gasteiger partial charge in [-0.15, -0.1) is 0 Å². The van der Waals surface area contributed by atoms with Crippen LogP contribution in [0.5, 0.6) is 0 Å². The van der Waals surface area contributed by atoms with Gasteiger partial charge in [-0.25, -0.2) is 4.39 Å². The molecule has 1 aliphatic rings. The van der Waals surface area contributed by atoms with Crippen molar-refractivity contribution < 1.29 is 13.9 Å². The Kier molecular flexibility index (Phi) is 2.44. The molecule has 0 amide bonds. The van der Waals surface area contributed by atoms with Crippen molar-refractivity contribution in [2.24, 2.45) is 0 Å². The van der Waals surface area contributed by atoms with Gasteiger partial charge in [-0.2, -0.15) is 5.26 Å². The molecular weight excluding hydrogens is 211 g/mol. The number of nitrogens with zero attached hydrogens (tertiary/aromatic N) is 2. The van der Waals surface area contributed by atoms with Crippen LogP contribution in [0, 0.1) is 17.1 Å². The number of halogens is 1. The van der Waals surface area contributed by atoms with E-state index in [9.17, 15) is 9.18 Å². The molecule has 0 radical (unpaired) electrons. The Morgan fingerprint density at radius 2 is 2.38 bits per heavy atom. The molecule has 1 aromatic heterocycles. The molecule has 2 heterocycles. The molecule has 1 fully saturated rings. The van der Waals surface area contributed by atoms with E-state index < -0.39 is 11.2 Å². The Morgan fingerprint density at radius 1 is 1.69 bits per heavy atom. The molecule has 5 heteroatoms. The fraction of sp³-hybridized carbons (Fsp3) is 0.364. The average Bonchev–Trinajstić information content (AvgIpc) is 2.19. The fourth-order valence-electron chi connectivity index (χ4n) is 1.61. The molecule has 0 saturated carbocycles. The quantitative estimate of drug-likeness (QED) is 0.703. The van der Waals surface area contributed by atoms with Crippen molar-refractivity contribution in [2.45, 2.75) is 12.3 Å². The standard InChI is InChI=1S/C11H9FN2O2/c1-7(15)8-2-3-14-10(9(8)12)11(4-13)5-16-6-11/h2-3H,5-6H2,1H3. The average molecular weight is 220 g/mol. The van der Waals surface area contributed by atoms with Gasteiger partial charge in [0.15, 0.2) is 11.6 Å². The summed E-state index contributed by atoms with van der Waals surface area (Å²) in [5.41, 5.74) is -1.06. The molecular formula is C11H9FN2O2. The van der Waals surface area contributed by atoms with E-state index in [0.717, 1.165) is 0 Å². The minimum Gasteiger partial charge on any atom is -0.377 e. The van der Waals surface area contributed by atoms with Crippen molar-refractivity contribution in [2.75, 3.05) is 13.2 Å². The van der Waals surface area contributed by atoms with Gasteiger partial charge in [0.05, 0.1) is 24.8 Å². The Labute approximate surface area is 91.7 Å². The van der Waals surface area contributed by atoms with Gasteiger partial charge in [-0.3, -0.25) is 9.78 Å². The molecule has 0 atom stereocenters. The van der Waals surface area contributed by atoms with Crippen molar-refractivity contribution in [3.63, 3.8) is 0 Å². The molecule has 82 valence electrons. The van der Waals surface area contributed by atoms with E-state index in [1.807, 2.05) is 6.07 Å². The monoisotopic (exact) mass is 220 g/mol. The second kappa shape index (κ2) is 3.65. The summed E-state index contributed by atoms with van der Waals surface area (Å²) in [5.74, 6) is -1.09. The predicted octanol–water partition coefficient (Wildman–Crippen LogP) is 1.21. The second-order valence-electron chi connectivity index (χ2n) is 3.76. The van der Waals surface area contributed by atoms with Crippen LogP contribution in [0.2, 0.25) is 0 Å². The van der Waals surface area contributed by atoms with Gasteiger partial charge in [0.2, 0.25) is 0 Å². The molecule has 4 nitrogen and oxygen atoms in total. The maximum Gasteiger partial charge on any atom is 0.162 e. The number of ether oxygens (including phenoxy) is 1. The Morgan fingerprint density at radius 3 is 2.81 bits per heavy atom. The number of Topliss-reactive ketones (excluding diaryl/α,β-unsaturated/α-hetero) is 1. The number of pyridine rings is 1. The zero-order chi connectivity index (χ0) is 11.8. The molecule has 1 aromatic rings. The number of ketones is 1. The van der Waals surface area contributed by atoms with Crippen molar-refractivity contribution in [1.82, 2.24) is 4.98 Å². The van der Waals surface area contributed by atoms with Gasteiger partial charge in [-0.1, -0.05) is 0 Å². The topological polar surface area (TPSA) is 63.0 Å². The van der Waals surface area contributed by atoms with Gasteiger partial charge in [0.25, 0.3) is 0 Å². The van der Waals surface area contributed by atoms with Crippen molar-refractivity contribution >= 4 is 5.78 Å². The lowest BCUT2D eigenvalue weighted by atomic mass is 9.82. The van der Waals surface area contributed by atoms with Crippen LogP contribution in [0.1, 0.15) is 23.0 Å². The first-order valence-corrected chi connectivity index (χ1v) is 4.75. The van der Waals surface area contributed by atoms with Gasteiger partial charge in [0, 0.05) is 6.20 Å². The highest BCUT2D eigenvalue weighted by atomic mass is 19.1. The van der Waals surface area contributed by atoms with E-state index in [1.165, 1.54) is 19.2 Å². The van der Waals surface area contributed by atoms with Crippen LogP contribution in [0.15, 0.2) is 12.3 Å². The van der Waals surface area contributed by atoms with Crippen LogP contribution >= 0.6 is 0 Å². The molecule has 0 spiro atoms. The summed E-state index contributed by atoms with van der Waals surface area (Å²) < 4.78 is 18.9. The number of aromatic nitrogens is 1. The molecule has 0 unspecified atom stereocenters. The highest BCUT2D eigenvalue weighted by molar-refractivity contribution is 5.94. The lowest BCUT2D eigenvalue weighted by Gasteiger charge is -2.34. The summed E-state index contributed by atoms with van der Waals surface area (Å²) in [7, 11) is 0. The van der Waals surface area contributed by atoms with Gasteiger partial charge in [-0.05, 0) is 13.0 Å². The minimum absolute atomic E-state index is 0.00829. The van der Waals surface area contributed by atoms with Crippen LogP contribution in [0.4, 0.5) is 4.39 Å². The predicted molar refractivity (Wildman–Crippen MR) is 52.3 cm³/mol. The Bertz CT molecular complexity index is 489. The molecule has 1 saturated heterocycles. The molecule has 0 aliphatic carbocycles. The smallest absolute Gasteiger partial charge is 0.162 e. The van der Waals surface area contributed by atoms with Crippen LogP contribution in [-0.4, -0.2) is 24.0 Å².